The summed E-state index contributed by atoms with van der Waals surface area (Å²) in [7, 11) is 3.47. The van der Waals surface area contributed by atoms with Gasteiger partial charge in [-0.05, 0) is 23.6 Å². The molecule has 21 heavy (non-hydrogen) atoms. The van der Waals surface area contributed by atoms with Crippen LogP contribution in [0.2, 0.25) is 0 Å². The molecule has 0 bridgehead atoms. The Morgan fingerprint density at radius 2 is 2.19 bits per heavy atom. The van der Waals surface area contributed by atoms with Crippen LogP contribution in [0.5, 0.6) is 5.75 Å². The fourth-order valence-corrected chi connectivity index (χ4v) is 2.22. The summed E-state index contributed by atoms with van der Waals surface area (Å²) in [6, 6.07) is 7.89. The largest absolute Gasteiger partial charge is 0.497 e. The SMILES string of the molecule is COc1ccc2ccnc(NCc3cnn(C)c3N)c2c1. The number of hydrogen-bond acceptors (Lipinski definition) is 5. The lowest BCUT2D eigenvalue weighted by Crippen LogP contribution is -2.05. The number of methoxy groups -OCH3 is 1. The number of rotatable bonds is 4. The van der Waals surface area contributed by atoms with Gasteiger partial charge < -0.3 is 15.8 Å². The molecule has 3 N–H and O–H groups in total. The van der Waals surface area contributed by atoms with E-state index >= 15 is 0 Å². The molecule has 0 fully saturated rings. The number of aromatic nitrogens is 3. The molecular weight excluding hydrogens is 266 g/mol. The Bertz CT molecular complexity index is 781. The molecule has 0 atom stereocenters. The van der Waals surface area contributed by atoms with Crippen LogP contribution in [0.15, 0.2) is 36.7 Å². The molecule has 0 amide bonds. The van der Waals surface area contributed by atoms with Gasteiger partial charge in [0.2, 0.25) is 0 Å². The van der Waals surface area contributed by atoms with Crippen LogP contribution in [0.25, 0.3) is 10.8 Å². The maximum atomic E-state index is 5.95. The molecule has 1 aromatic carbocycles. The quantitative estimate of drug-likeness (QED) is 0.767. The second-order valence-electron chi connectivity index (χ2n) is 4.78. The summed E-state index contributed by atoms with van der Waals surface area (Å²) in [4.78, 5) is 4.40. The van der Waals surface area contributed by atoms with Crippen molar-refractivity contribution in [1.29, 1.82) is 0 Å². The summed E-state index contributed by atoms with van der Waals surface area (Å²) in [6.07, 6.45) is 3.54. The summed E-state index contributed by atoms with van der Waals surface area (Å²) >= 11 is 0. The Kier molecular flexibility index (Phi) is 3.35. The lowest BCUT2D eigenvalue weighted by molar-refractivity contribution is 0.415. The van der Waals surface area contributed by atoms with Crippen molar-refractivity contribution in [3.05, 3.63) is 42.2 Å². The van der Waals surface area contributed by atoms with E-state index in [4.69, 9.17) is 10.5 Å². The second-order valence-corrected chi connectivity index (χ2v) is 4.78. The third-order valence-corrected chi connectivity index (χ3v) is 3.48. The second kappa shape index (κ2) is 5.32. The number of pyridine rings is 1. The number of fused-ring (bicyclic) bond motifs is 1. The van der Waals surface area contributed by atoms with Crippen LogP contribution in [0.3, 0.4) is 0 Å². The van der Waals surface area contributed by atoms with Crippen molar-refractivity contribution in [1.82, 2.24) is 14.8 Å². The van der Waals surface area contributed by atoms with Crippen molar-refractivity contribution in [3.63, 3.8) is 0 Å². The molecule has 3 aromatic rings. The van der Waals surface area contributed by atoms with E-state index in [1.807, 2.05) is 31.3 Å². The number of anilines is 2. The summed E-state index contributed by atoms with van der Waals surface area (Å²) in [5.41, 5.74) is 6.89. The zero-order valence-electron chi connectivity index (χ0n) is 12.0. The minimum Gasteiger partial charge on any atom is -0.497 e. The highest BCUT2D eigenvalue weighted by Gasteiger charge is 2.07. The molecule has 0 saturated carbocycles. The first-order chi connectivity index (χ1) is 10.2. The topological polar surface area (TPSA) is 78.0 Å². The molecule has 0 unspecified atom stereocenters. The van der Waals surface area contributed by atoms with Crippen LogP contribution in [-0.4, -0.2) is 21.9 Å². The van der Waals surface area contributed by atoms with Crippen LogP contribution < -0.4 is 15.8 Å². The predicted molar refractivity (Wildman–Crippen MR) is 83.2 cm³/mol. The smallest absolute Gasteiger partial charge is 0.134 e. The van der Waals surface area contributed by atoms with Crippen molar-refractivity contribution in [2.75, 3.05) is 18.2 Å². The van der Waals surface area contributed by atoms with Gasteiger partial charge in [-0.15, -0.1) is 0 Å². The molecule has 6 heteroatoms. The third-order valence-electron chi connectivity index (χ3n) is 3.48. The summed E-state index contributed by atoms with van der Waals surface area (Å²) in [5, 5.41) is 9.56. The Balaban J connectivity index is 1.91. The van der Waals surface area contributed by atoms with Gasteiger partial charge in [0.15, 0.2) is 0 Å². The van der Waals surface area contributed by atoms with Gasteiger partial charge in [0.25, 0.3) is 0 Å². The molecule has 3 rings (SSSR count). The number of hydrogen-bond donors (Lipinski definition) is 2. The number of nitrogen functional groups attached to an aromatic ring is 1. The molecular formula is C15H17N5O. The average Bonchev–Trinajstić information content (AvgIpc) is 2.84. The molecule has 0 saturated heterocycles. The van der Waals surface area contributed by atoms with Gasteiger partial charge in [-0.1, -0.05) is 6.07 Å². The molecule has 0 spiro atoms. The number of nitrogens with one attached hydrogen (secondary N) is 1. The molecule has 2 heterocycles. The van der Waals surface area contributed by atoms with Gasteiger partial charge in [0.1, 0.15) is 17.4 Å². The normalized spacial score (nSPS) is 10.8. The molecule has 108 valence electrons. The molecule has 0 aliphatic carbocycles. The molecule has 2 aromatic heterocycles. The number of ether oxygens (including phenoxy) is 1. The van der Waals surface area contributed by atoms with Gasteiger partial charge in [0, 0.05) is 30.7 Å². The van der Waals surface area contributed by atoms with Gasteiger partial charge >= 0.3 is 0 Å². The van der Waals surface area contributed by atoms with Crippen molar-refractivity contribution < 1.29 is 4.74 Å². The zero-order valence-corrected chi connectivity index (χ0v) is 12.0. The molecule has 6 nitrogen and oxygen atoms in total. The standard InChI is InChI=1S/C15H17N5O/c1-20-14(16)11(9-19-20)8-18-15-13-7-12(21-2)4-3-10(13)5-6-17-15/h3-7,9H,8,16H2,1-2H3,(H,17,18). The summed E-state index contributed by atoms with van der Waals surface area (Å²) < 4.78 is 6.92. The van der Waals surface area contributed by atoms with E-state index in [2.05, 4.69) is 15.4 Å². The molecule has 0 aliphatic heterocycles. The number of aryl methyl sites for hydroxylation is 1. The zero-order chi connectivity index (χ0) is 14.8. The van der Waals surface area contributed by atoms with E-state index in [-0.39, 0.29) is 0 Å². The van der Waals surface area contributed by atoms with Crippen LogP contribution in [0.4, 0.5) is 11.6 Å². The third kappa shape index (κ3) is 2.47. The van der Waals surface area contributed by atoms with Crippen LogP contribution in [0.1, 0.15) is 5.56 Å². The summed E-state index contributed by atoms with van der Waals surface area (Å²) in [6.45, 7) is 0.572. The van der Waals surface area contributed by atoms with Crippen molar-refractivity contribution in [2.24, 2.45) is 7.05 Å². The fraction of sp³-hybridized carbons (Fsp3) is 0.200. The van der Waals surface area contributed by atoms with E-state index in [1.165, 1.54) is 0 Å². The van der Waals surface area contributed by atoms with Crippen LogP contribution in [-0.2, 0) is 13.6 Å². The Hall–Kier alpha value is -2.76. The number of nitrogens with zero attached hydrogens (tertiary/aromatic N) is 3. The Morgan fingerprint density at radius 1 is 1.33 bits per heavy atom. The first kappa shape index (κ1) is 13.2. The van der Waals surface area contributed by atoms with E-state index in [0.717, 1.165) is 27.9 Å². The molecule has 0 radical (unpaired) electrons. The van der Waals surface area contributed by atoms with E-state index in [1.54, 1.807) is 24.2 Å². The van der Waals surface area contributed by atoms with Gasteiger partial charge in [-0.25, -0.2) is 4.98 Å². The van der Waals surface area contributed by atoms with E-state index in [0.29, 0.717) is 12.4 Å². The highest BCUT2D eigenvalue weighted by Crippen LogP contribution is 2.26. The van der Waals surface area contributed by atoms with Crippen molar-refractivity contribution >= 4 is 22.4 Å². The summed E-state index contributed by atoms with van der Waals surface area (Å²) in [5.74, 6) is 2.26. The number of benzene rings is 1. The maximum Gasteiger partial charge on any atom is 0.134 e. The predicted octanol–water partition coefficient (Wildman–Crippen LogP) is 2.17. The maximum absolute atomic E-state index is 5.95. The first-order valence-corrected chi connectivity index (χ1v) is 6.62. The van der Waals surface area contributed by atoms with Crippen molar-refractivity contribution in [3.8, 4) is 5.75 Å². The lowest BCUT2D eigenvalue weighted by Gasteiger charge is -2.09. The highest BCUT2D eigenvalue weighted by atomic mass is 16.5. The highest BCUT2D eigenvalue weighted by molar-refractivity contribution is 5.92. The van der Waals surface area contributed by atoms with Gasteiger partial charge in [-0.3, -0.25) is 4.68 Å². The average molecular weight is 283 g/mol. The van der Waals surface area contributed by atoms with Crippen LogP contribution >= 0.6 is 0 Å². The molecule has 0 aliphatic rings. The van der Waals surface area contributed by atoms with Crippen molar-refractivity contribution in [2.45, 2.75) is 6.54 Å². The Morgan fingerprint density at radius 3 is 2.90 bits per heavy atom. The first-order valence-electron chi connectivity index (χ1n) is 6.62. The number of nitrogens with two attached hydrogens (primary N) is 1. The van der Waals surface area contributed by atoms with E-state index < -0.39 is 0 Å². The van der Waals surface area contributed by atoms with Gasteiger partial charge in [-0.2, -0.15) is 5.10 Å². The van der Waals surface area contributed by atoms with E-state index in [9.17, 15) is 0 Å². The monoisotopic (exact) mass is 283 g/mol. The lowest BCUT2D eigenvalue weighted by atomic mass is 10.1. The minimum absolute atomic E-state index is 0.572. The fourth-order valence-electron chi connectivity index (χ4n) is 2.22. The Labute approximate surface area is 122 Å². The van der Waals surface area contributed by atoms with Crippen LogP contribution in [0, 0.1) is 0 Å². The van der Waals surface area contributed by atoms with Gasteiger partial charge in [0.05, 0.1) is 13.3 Å². The minimum atomic E-state index is 0.572.